The van der Waals surface area contributed by atoms with Gasteiger partial charge in [0.2, 0.25) is 0 Å². The summed E-state index contributed by atoms with van der Waals surface area (Å²) in [6.45, 7) is 6.28. The van der Waals surface area contributed by atoms with Gasteiger partial charge in [0.1, 0.15) is 5.82 Å². The molecule has 1 aromatic rings. The van der Waals surface area contributed by atoms with Gasteiger partial charge in [-0.25, -0.2) is 4.39 Å². The third-order valence-electron chi connectivity index (χ3n) is 3.30. The van der Waals surface area contributed by atoms with Crippen molar-refractivity contribution in [1.82, 2.24) is 5.32 Å². The van der Waals surface area contributed by atoms with Gasteiger partial charge in [0.25, 0.3) is 0 Å². The third-order valence-corrected chi connectivity index (χ3v) is 3.30. The Morgan fingerprint density at radius 3 is 2.94 bits per heavy atom. The minimum atomic E-state index is -0.151. The highest BCUT2D eigenvalue weighted by Crippen LogP contribution is 2.19. The molecule has 0 radical (unpaired) electrons. The monoisotopic (exact) mass is 252 g/mol. The Hall–Kier alpha value is -1.13. The molecule has 100 valence electrons. The molecule has 0 aliphatic carbocycles. The van der Waals surface area contributed by atoms with Crippen molar-refractivity contribution < 1.29 is 9.13 Å². The summed E-state index contributed by atoms with van der Waals surface area (Å²) in [7, 11) is 0. The molecule has 0 amide bonds. The zero-order chi connectivity index (χ0) is 12.8. The van der Waals surface area contributed by atoms with E-state index in [1.165, 1.54) is 6.07 Å². The molecule has 1 heterocycles. The minimum Gasteiger partial charge on any atom is -0.376 e. The van der Waals surface area contributed by atoms with Crippen molar-refractivity contribution in [3.05, 3.63) is 30.1 Å². The van der Waals surface area contributed by atoms with E-state index in [4.69, 9.17) is 4.74 Å². The number of hydrogen-bond donors (Lipinski definition) is 1. The van der Waals surface area contributed by atoms with Crippen LogP contribution >= 0.6 is 0 Å². The molecule has 18 heavy (non-hydrogen) atoms. The van der Waals surface area contributed by atoms with Gasteiger partial charge in [-0.05, 0) is 25.5 Å². The predicted octanol–water partition coefficient (Wildman–Crippen LogP) is 2.03. The quantitative estimate of drug-likeness (QED) is 0.868. The van der Waals surface area contributed by atoms with Gasteiger partial charge in [-0.2, -0.15) is 0 Å². The molecular formula is C14H21FN2O. The molecule has 4 heteroatoms. The fourth-order valence-electron chi connectivity index (χ4n) is 2.26. The second kappa shape index (κ2) is 6.71. The Morgan fingerprint density at radius 2 is 2.28 bits per heavy atom. The van der Waals surface area contributed by atoms with Crippen LogP contribution in [0.2, 0.25) is 0 Å². The molecule has 1 N–H and O–H groups in total. The van der Waals surface area contributed by atoms with Crippen LogP contribution in [0.5, 0.6) is 0 Å². The van der Waals surface area contributed by atoms with Gasteiger partial charge < -0.3 is 15.0 Å². The number of anilines is 1. The van der Waals surface area contributed by atoms with Crippen molar-refractivity contribution in [2.24, 2.45) is 0 Å². The number of ether oxygens (including phenoxy) is 1. The van der Waals surface area contributed by atoms with Gasteiger partial charge in [0, 0.05) is 26.2 Å². The van der Waals surface area contributed by atoms with Crippen molar-refractivity contribution in [2.75, 3.05) is 37.7 Å². The Balaban J connectivity index is 1.91. The molecule has 2 rings (SSSR count). The van der Waals surface area contributed by atoms with Crippen LogP contribution in [0.3, 0.4) is 0 Å². The Labute approximate surface area is 108 Å². The number of morpholine rings is 1. The molecule has 1 saturated heterocycles. The van der Waals surface area contributed by atoms with E-state index < -0.39 is 0 Å². The number of rotatable bonds is 5. The average Bonchev–Trinajstić information content (AvgIpc) is 2.42. The van der Waals surface area contributed by atoms with E-state index >= 15 is 0 Å². The van der Waals surface area contributed by atoms with Gasteiger partial charge in [-0.1, -0.05) is 12.1 Å². The molecule has 3 nitrogen and oxygen atoms in total. The number of nitrogens with zero attached hydrogens (tertiary/aromatic N) is 1. The first-order valence-electron chi connectivity index (χ1n) is 6.63. The predicted molar refractivity (Wildman–Crippen MR) is 71.5 cm³/mol. The highest BCUT2D eigenvalue weighted by atomic mass is 19.1. The second-order valence-electron chi connectivity index (χ2n) is 4.52. The first-order valence-corrected chi connectivity index (χ1v) is 6.63. The topological polar surface area (TPSA) is 24.5 Å². The molecule has 1 aromatic carbocycles. The van der Waals surface area contributed by atoms with Crippen LogP contribution < -0.4 is 10.2 Å². The zero-order valence-corrected chi connectivity index (χ0v) is 10.9. The highest BCUT2D eigenvalue weighted by Gasteiger charge is 2.16. The van der Waals surface area contributed by atoms with E-state index in [-0.39, 0.29) is 11.9 Å². The first kappa shape index (κ1) is 13.3. The summed E-state index contributed by atoms with van der Waals surface area (Å²) in [5.74, 6) is -0.151. The average molecular weight is 252 g/mol. The van der Waals surface area contributed by atoms with Gasteiger partial charge in [-0.3, -0.25) is 0 Å². The van der Waals surface area contributed by atoms with Crippen LogP contribution in [0.4, 0.5) is 10.1 Å². The second-order valence-corrected chi connectivity index (χ2v) is 4.52. The summed E-state index contributed by atoms with van der Waals surface area (Å²) in [5, 5.41) is 3.31. The van der Waals surface area contributed by atoms with Crippen LogP contribution in [-0.2, 0) is 4.74 Å². The molecule has 1 unspecified atom stereocenters. The normalized spacial score (nSPS) is 19.8. The lowest BCUT2D eigenvalue weighted by atomic mass is 10.2. The van der Waals surface area contributed by atoms with Crippen LogP contribution in [-0.4, -0.2) is 38.9 Å². The molecule has 1 aliphatic heterocycles. The van der Waals surface area contributed by atoms with Crippen molar-refractivity contribution in [1.29, 1.82) is 0 Å². The third kappa shape index (κ3) is 3.43. The number of para-hydroxylation sites is 1. The van der Waals surface area contributed by atoms with Crippen LogP contribution in [0, 0.1) is 5.82 Å². The molecule has 1 atom stereocenters. The molecule has 1 fully saturated rings. The van der Waals surface area contributed by atoms with Crippen molar-refractivity contribution >= 4 is 5.69 Å². The number of nitrogens with one attached hydrogen (secondary N) is 1. The summed E-state index contributed by atoms with van der Waals surface area (Å²) < 4.78 is 19.4. The lowest BCUT2D eigenvalue weighted by molar-refractivity contribution is 0.0249. The van der Waals surface area contributed by atoms with Gasteiger partial charge >= 0.3 is 0 Å². The number of halogens is 1. The maximum Gasteiger partial charge on any atom is 0.146 e. The summed E-state index contributed by atoms with van der Waals surface area (Å²) in [4.78, 5) is 2.06. The van der Waals surface area contributed by atoms with E-state index in [1.54, 1.807) is 6.07 Å². The minimum absolute atomic E-state index is 0.151. The van der Waals surface area contributed by atoms with Gasteiger partial charge in [0.05, 0.1) is 18.4 Å². The highest BCUT2D eigenvalue weighted by molar-refractivity contribution is 5.47. The smallest absolute Gasteiger partial charge is 0.146 e. The molecule has 0 saturated carbocycles. The summed E-state index contributed by atoms with van der Waals surface area (Å²) in [5.41, 5.74) is 0.684. The molecule has 0 spiro atoms. The Bertz CT molecular complexity index is 367. The SMILES string of the molecule is CCN(CCC1CNCCO1)c1ccccc1F. The Kier molecular flexibility index (Phi) is 4.96. The standard InChI is InChI=1S/C14H21FN2O/c1-2-17(14-6-4-3-5-13(14)15)9-7-12-11-16-8-10-18-12/h3-6,12,16H,2,7-11H2,1H3. The lowest BCUT2D eigenvalue weighted by Crippen LogP contribution is -2.40. The summed E-state index contributed by atoms with van der Waals surface area (Å²) in [6, 6.07) is 6.94. The lowest BCUT2D eigenvalue weighted by Gasteiger charge is -2.28. The Morgan fingerprint density at radius 1 is 1.44 bits per heavy atom. The van der Waals surface area contributed by atoms with E-state index in [1.807, 2.05) is 19.1 Å². The van der Waals surface area contributed by atoms with E-state index in [0.717, 1.165) is 39.2 Å². The van der Waals surface area contributed by atoms with Crippen LogP contribution in [0.15, 0.2) is 24.3 Å². The molecular weight excluding hydrogens is 231 g/mol. The van der Waals surface area contributed by atoms with Crippen LogP contribution in [0.25, 0.3) is 0 Å². The van der Waals surface area contributed by atoms with Crippen molar-refractivity contribution in [3.8, 4) is 0 Å². The summed E-state index contributed by atoms with van der Waals surface area (Å²) in [6.07, 6.45) is 1.18. The van der Waals surface area contributed by atoms with E-state index in [2.05, 4.69) is 10.2 Å². The molecule has 1 aliphatic rings. The fraction of sp³-hybridized carbons (Fsp3) is 0.571. The zero-order valence-electron chi connectivity index (χ0n) is 10.9. The number of hydrogen-bond acceptors (Lipinski definition) is 3. The van der Waals surface area contributed by atoms with Crippen molar-refractivity contribution in [3.63, 3.8) is 0 Å². The largest absolute Gasteiger partial charge is 0.376 e. The van der Waals surface area contributed by atoms with Crippen LogP contribution in [0.1, 0.15) is 13.3 Å². The maximum atomic E-state index is 13.7. The van der Waals surface area contributed by atoms with Gasteiger partial charge in [0.15, 0.2) is 0 Å². The van der Waals surface area contributed by atoms with E-state index in [9.17, 15) is 4.39 Å². The summed E-state index contributed by atoms with van der Waals surface area (Å²) >= 11 is 0. The van der Waals surface area contributed by atoms with Gasteiger partial charge in [-0.15, -0.1) is 0 Å². The molecule has 0 aromatic heterocycles. The van der Waals surface area contributed by atoms with E-state index in [0.29, 0.717) is 5.69 Å². The number of benzene rings is 1. The maximum absolute atomic E-state index is 13.7. The van der Waals surface area contributed by atoms with Crippen molar-refractivity contribution in [2.45, 2.75) is 19.4 Å². The first-order chi connectivity index (χ1) is 8.81. The molecule has 0 bridgehead atoms. The fourth-order valence-corrected chi connectivity index (χ4v) is 2.26.